The van der Waals surface area contributed by atoms with Crippen molar-refractivity contribution in [1.82, 2.24) is 5.32 Å². The van der Waals surface area contributed by atoms with Gasteiger partial charge in [0.05, 0.1) is 16.6 Å². The zero-order chi connectivity index (χ0) is 25.9. The number of nitrogens with zero attached hydrogens (tertiary/aromatic N) is 1. The molecule has 1 N–H and O–H groups in total. The van der Waals surface area contributed by atoms with Gasteiger partial charge in [0.2, 0.25) is 5.91 Å². The molecule has 4 rings (SSSR count). The number of hydrogen-bond acceptors (Lipinski definition) is 4. The molecule has 0 spiro atoms. The summed E-state index contributed by atoms with van der Waals surface area (Å²) in [5, 5.41) is 3.11. The second kappa shape index (κ2) is 10.6. The number of benzene rings is 3. The molecule has 36 heavy (non-hydrogen) atoms. The number of anilines is 1. The maximum Gasteiger partial charge on any atom is 0.264 e. The van der Waals surface area contributed by atoms with Crippen LogP contribution in [0.3, 0.4) is 0 Å². The van der Waals surface area contributed by atoms with Crippen LogP contribution < -0.4 is 14.4 Å². The summed E-state index contributed by atoms with van der Waals surface area (Å²) in [4.78, 5) is 13.6. The normalized spacial score (nSPS) is 16.5. The Morgan fingerprint density at radius 1 is 1.06 bits per heavy atom. The van der Waals surface area contributed by atoms with Crippen LogP contribution in [-0.4, -0.2) is 26.5 Å². The van der Waals surface area contributed by atoms with E-state index in [1.807, 2.05) is 37.3 Å². The minimum absolute atomic E-state index is 0.133. The van der Waals surface area contributed by atoms with Gasteiger partial charge in [-0.1, -0.05) is 71.7 Å². The maximum absolute atomic E-state index is 13.7. The third kappa shape index (κ3) is 5.44. The molecule has 8 heteroatoms. The van der Waals surface area contributed by atoms with Crippen LogP contribution in [0.2, 0.25) is 0 Å². The minimum Gasteiger partial charge on any atom is -0.487 e. The molecule has 0 radical (unpaired) electrons. The number of amides is 1. The first-order valence-electron chi connectivity index (χ1n) is 12.1. The lowest BCUT2D eigenvalue weighted by molar-refractivity contribution is -0.121. The van der Waals surface area contributed by atoms with E-state index in [0.29, 0.717) is 12.1 Å². The third-order valence-corrected chi connectivity index (χ3v) is 9.09. The van der Waals surface area contributed by atoms with Gasteiger partial charge in [-0.25, -0.2) is 8.42 Å². The smallest absolute Gasteiger partial charge is 0.264 e. The van der Waals surface area contributed by atoms with E-state index in [9.17, 15) is 13.2 Å². The summed E-state index contributed by atoms with van der Waals surface area (Å²) < 4.78 is 35.6. The fourth-order valence-corrected chi connectivity index (χ4v) is 6.38. The SMILES string of the molecule is CCC1(CC)C[C@H](NC(=O)CN(c2cccc(Br)c2)S(=O)(=O)c2ccc(C)cc2)c2ccccc2O1. The summed E-state index contributed by atoms with van der Waals surface area (Å²) >= 11 is 3.42. The fraction of sp³-hybridized carbons (Fsp3) is 0.321. The Hall–Kier alpha value is -2.84. The molecule has 3 aromatic carbocycles. The Bertz CT molecular complexity index is 1340. The Morgan fingerprint density at radius 3 is 2.42 bits per heavy atom. The van der Waals surface area contributed by atoms with Gasteiger partial charge in [-0.05, 0) is 56.2 Å². The van der Waals surface area contributed by atoms with Crippen molar-refractivity contribution in [2.75, 3.05) is 10.8 Å². The Kier molecular flexibility index (Phi) is 7.76. The molecular weight excluding hydrogens is 540 g/mol. The zero-order valence-corrected chi connectivity index (χ0v) is 23.1. The first-order chi connectivity index (χ1) is 17.2. The van der Waals surface area contributed by atoms with Crippen molar-refractivity contribution < 1.29 is 17.9 Å². The first kappa shape index (κ1) is 26.2. The van der Waals surface area contributed by atoms with Crippen molar-refractivity contribution in [2.45, 2.75) is 56.6 Å². The van der Waals surface area contributed by atoms with Gasteiger partial charge >= 0.3 is 0 Å². The molecule has 1 aliphatic heterocycles. The van der Waals surface area contributed by atoms with Crippen LogP contribution in [0.25, 0.3) is 0 Å². The molecular formula is C28H31BrN2O4S. The highest BCUT2D eigenvalue weighted by atomic mass is 79.9. The highest BCUT2D eigenvalue weighted by Crippen LogP contribution is 2.42. The molecule has 0 fully saturated rings. The first-order valence-corrected chi connectivity index (χ1v) is 14.3. The monoisotopic (exact) mass is 570 g/mol. The molecule has 0 bridgehead atoms. The largest absolute Gasteiger partial charge is 0.487 e. The van der Waals surface area contributed by atoms with Crippen molar-refractivity contribution in [3.8, 4) is 5.75 Å². The third-order valence-electron chi connectivity index (χ3n) is 6.81. The quantitative estimate of drug-likeness (QED) is 0.352. The van der Waals surface area contributed by atoms with E-state index in [4.69, 9.17) is 4.74 Å². The number of halogens is 1. The van der Waals surface area contributed by atoms with Gasteiger partial charge in [-0.2, -0.15) is 0 Å². The van der Waals surface area contributed by atoms with Gasteiger partial charge in [0.1, 0.15) is 17.9 Å². The summed E-state index contributed by atoms with van der Waals surface area (Å²) in [5.74, 6) is 0.377. The standard InChI is InChI=1S/C28H31BrN2O4S/c1-4-28(5-2)18-25(24-11-6-7-12-26(24)35-28)30-27(32)19-31(22-10-8-9-21(29)17-22)36(33,34)23-15-13-20(3)14-16-23/h6-17,25H,4-5,18-19H2,1-3H3,(H,30,32)/t25-/m0/s1. The summed E-state index contributed by atoms with van der Waals surface area (Å²) in [5.41, 5.74) is 1.88. The second-order valence-corrected chi connectivity index (χ2v) is 11.9. The van der Waals surface area contributed by atoms with Crippen LogP contribution in [0.5, 0.6) is 5.75 Å². The van der Waals surface area contributed by atoms with Crippen LogP contribution in [0.1, 0.15) is 50.3 Å². The predicted octanol–water partition coefficient (Wildman–Crippen LogP) is 6.15. The molecule has 0 unspecified atom stereocenters. The lowest BCUT2D eigenvalue weighted by Gasteiger charge is -2.41. The van der Waals surface area contributed by atoms with Gasteiger partial charge in [0.25, 0.3) is 10.0 Å². The van der Waals surface area contributed by atoms with Crippen molar-refractivity contribution >= 4 is 37.5 Å². The Morgan fingerprint density at radius 2 is 1.75 bits per heavy atom. The number of carbonyl (C=O) groups is 1. The van der Waals surface area contributed by atoms with Crippen LogP contribution in [0.15, 0.2) is 82.2 Å². The van der Waals surface area contributed by atoms with E-state index in [-0.39, 0.29) is 29.0 Å². The van der Waals surface area contributed by atoms with Crippen LogP contribution in [0, 0.1) is 6.92 Å². The molecule has 0 aliphatic carbocycles. The molecule has 6 nitrogen and oxygen atoms in total. The molecule has 3 aromatic rings. The van der Waals surface area contributed by atoms with Gasteiger partial charge < -0.3 is 10.1 Å². The number of carbonyl (C=O) groups excluding carboxylic acids is 1. The lowest BCUT2D eigenvalue weighted by Crippen LogP contribution is -2.47. The summed E-state index contributed by atoms with van der Waals surface area (Å²) in [7, 11) is -3.99. The van der Waals surface area contributed by atoms with E-state index in [0.717, 1.165) is 38.5 Å². The summed E-state index contributed by atoms with van der Waals surface area (Å²) in [6.07, 6.45) is 2.22. The van der Waals surface area contributed by atoms with Crippen LogP contribution in [0.4, 0.5) is 5.69 Å². The molecule has 190 valence electrons. The molecule has 1 atom stereocenters. The van der Waals surface area contributed by atoms with E-state index < -0.39 is 10.0 Å². The highest BCUT2D eigenvalue weighted by Gasteiger charge is 2.39. The average molecular weight is 572 g/mol. The van der Waals surface area contributed by atoms with E-state index in [1.54, 1.807) is 42.5 Å². The van der Waals surface area contributed by atoms with Crippen molar-refractivity contribution in [2.24, 2.45) is 0 Å². The fourth-order valence-electron chi connectivity index (χ4n) is 4.58. The van der Waals surface area contributed by atoms with Crippen molar-refractivity contribution in [3.05, 3.63) is 88.4 Å². The molecule has 0 saturated carbocycles. The van der Waals surface area contributed by atoms with Gasteiger partial charge in [-0.3, -0.25) is 9.10 Å². The zero-order valence-electron chi connectivity index (χ0n) is 20.7. The van der Waals surface area contributed by atoms with E-state index in [1.165, 1.54) is 0 Å². The lowest BCUT2D eigenvalue weighted by atomic mass is 9.83. The maximum atomic E-state index is 13.7. The number of sulfonamides is 1. The average Bonchev–Trinajstić information content (AvgIpc) is 2.87. The molecule has 1 heterocycles. The minimum atomic E-state index is -3.99. The molecule has 0 aromatic heterocycles. The number of para-hydroxylation sites is 1. The Balaban J connectivity index is 1.65. The number of ether oxygens (including phenoxy) is 1. The Labute approximate surface area is 221 Å². The predicted molar refractivity (Wildman–Crippen MR) is 146 cm³/mol. The number of aryl methyl sites for hydroxylation is 1. The highest BCUT2D eigenvalue weighted by molar-refractivity contribution is 9.10. The molecule has 1 amide bonds. The van der Waals surface area contributed by atoms with Crippen LogP contribution >= 0.6 is 15.9 Å². The van der Waals surface area contributed by atoms with E-state index >= 15 is 0 Å². The van der Waals surface area contributed by atoms with Gasteiger partial charge in [0.15, 0.2) is 0 Å². The second-order valence-electron chi connectivity index (χ2n) is 9.16. The summed E-state index contributed by atoms with van der Waals surface area (Å²) in [6.45, 7) is 5.71. The topological polar surface area (TPSA) is 75.7 Å². The molecule has 0 saturated heterocycles. The van der Waals surface area contributed by atoms with Crippen LogP contribution in [-0.2, 0) is 14.8 Å². The van der Waals surface area contributed by atoms with Gasteiger partial charge in [0, 0.05) is 16.5 Å². The van der Waals surface area contributed by atoms with Gasteiger partial charge in [-0.15, -0.1) is 0 Å². The van der Waals surface area contributed by atoms with Crippen molar-refractivity contribution in [1.29, 1.82) is 0 Å². The molecule has 1 aliphatic rings. The number of fused-ring (bicyclic) bond motifs is 1. The number of rotatable bonds is 8. The number of nitrogens with one attached hydrogen (secondary N) is 1. The van der Waals surface area contributed by atoms with Crippen molar-refractivity contribution in [3.63, 3.8) is 0 Å². The van der Waals surface area contributed by atoms with E-state index in [2.05, 4.69) is 35.1 Å². The summed E-state index contributed by atoms with van der Waals surface area (Å²) in [6, 6.07) is 21.0. The number of hydrogen-bond donors (Lipinski definition) is 1.